The first-order valence-electron chi connectivity index (χ1n) is 7.30. The Hall–Kier alpha value is -2.51. The molecule has 0 unspecified atom stereocenters. The van der Waals surface area contributed by atoms with E-state index in [-0.39, 0.29) is 17.1 Å². The molecule has 0 spiro atoms. The lowest BCUT2D eigenvalue weighted by Gasteiger charge is -2.07. The zero-order valence-electron chi connectivity index (χ0n) is 12.1. The molecule has 22 heavy (non-hydrogen) atoms. The van der Waals surface area contributed by atoms with Gasteiger partial charge in [0.1, 0.15) is 5.69 Å². The summed E-state index contributed by atoms with van der Waals surface area (Å²) in [4.78, 5) is 20.4. The van der Waals surface area contributed by atoms with E-state index in [2.05, 4.69) is 10.5 Å². The molecule has 1 N–H and O–H groups in total. The molecule has 0 aliphatic heterocycles. The van der Waals surface area contributed by atoms with Crippen LogP contribution in [0.3, 0.4) is 0 Å². The normalized spacial score (nSPS) is 16.4. The first-order valence-corrected chi connectivity index (χ1v) is 7.30. The second kappa shape index (κ2) is 7.48. The van der Waals surface area contributed by atoms with Gasteiger partial charge in [0.25, 0.3) is 5.69 Å². The van der Waals surface area contributed by atoms with E-state index in [1.807, 2.05) is 0 Å². The number of nitrogens with one attached hydrogen (secondary N) is 1. The number of hydrazone groups is 1. The van der Waals surface area contributed by atoms with Crippen molar-refractivity contribution in [3.8, 4) is 0 Å². The van der Waals surface area contributed by atoms with Crippen molar-refractivity contribution in [1.82, 2.24) is 0 Å². The molecule has 2 rings (SSSR count). The Labute approximate surface area is 127 Å². The fourth-order valence-corrected chi connectivity index (χ4v) is 2.55. The monoisotopic (exact) mass is 306 g/mol. The Balaban J connectivity index is 2.08. The highest BCUT2D eigenvalue weighted by atomic mass is 16.6. The van der Waals surface area contributed by atoms with Crippen LogP contribution in [0.1, 0.15) is 38.5 Å². The van der Waals surface area contributed by atoms with E-state index < -0.39 is 9.85 Å². The van der Waals surface area contributed by atoms with Gasteiger partial charge in [0.15, 0.2) is 0 Å². The van der Waals surface area contributed by atoms with Crippen molar-refractivity contribution in [1.29, 1.82) is 0 Å². The van der Waals surface area contributed by atoms with Gasteiger partial charge in [-0.15, -0.1) is 0 Å². The maximum Gasteiger partial charge on any atom is 0.301 e. The van der Waals surface area contributed by atoms with Crippen molar-refractivity contribution in [3.05, 3.63) is 38.4 Å². The fraction of sp³-hybridized carbons (Fsp3) is 0.500. The molecule has 0 amide bonds. The molecular weight excluding hydrogens is 288 g/mol. The maximum absolute atomic E-state index is 11.0. The van der Waals surface area contributed by atoms with Crippen LogP contribution in [0.5, 0.6) is 0 Å². The molecule has 1 aromatic carbocycles. The summed E-state index contributed by atoms with van der Waals surface area (Å²) in [7, 11) is 0. The van der Waals surface area contributed by atoms with Gasteiger partial charge in [0.2, 0.25) is 0 Å². The highest BCUT2D eigenvalue weighted by molar-refractivity contribution is 5.68. The summed E-state index contributed by atoms with van der Waals surface area (Å²) in [5.74, 6) is 0.382. The minimum Gasteiger partial charge on any atom is -0.272 e. The molecule has 0 saturated heterocycles. The van der Waals surface area contributed by atoms with Gasteiger partial charge < -0.3 is 0 Å². The summed E-state index contributed by atoms with van der Waals surface area (Å²) in [6.07, 6.45) is 8.78. The van der Waals surface area contributed by atoms with Gasteiger partial charge in [-0.05, 0) is 24.8 Å². The second-order valence-corrected chi connectivity index (χ2v) is 5.36. The summed E-state index contributed by atoms with van der Waals surface area (Å²) < 4.78 is 0. The molecule has 1 saturated carbocycles. The van der Waals surface area contributed by atoms with Crippen molar-refractivity contribution in [3.63, 3.8) is 0 Å². The lowest BCUT2D eigenvalue weighted by atomic mass is 10.0. The molecule has 0 bridgehead atoms. The molecule has 1 aliphatic carbocycles. The number of hydrogen-bond acceptors (Lipinski definition) is 6. The van der Waals surface area contributed by atoms with Crippen LogP contribution in [0.15, 0.2) is 23.3 Å². The number of benzene rings is 1. The van der Waals surface area contributed by atoms with Crippen molar-refractivity contribution in [2.75, 3.05) is 5.43 Å². The third-order valence-corrected chi connectivity index (χ3v) is 3.76. The molecule has 8 nitrogen and oxygen atoms in total. The molecule has 0 atom stereocenters. The number of non-ortho nitro benzene ring substituents is 1. The summed E-state index contributed by atoms with van der Waals surface area (Å²) in [5, 5.41) is 25.7. The number of nitro groups is 2. The lowest BCUT2D eigenvalue weighted by molar-refractivity contribution is -0.393. The number of anilines is 1. The van der Waals surface area contributed by atoms with Gasteiger partial charge in [-0.3, -0.25) is 25.7 Å². The number of rotatable bonds is 5. The number of nitro benzene ring substituents is 2. The molecule has 1 aliphatic rings. The molecular formula is C14H18N4O4. The zero-order chi connectivity index (χ0) is 15.9. The lowest BCUT2D eigenvalue weighted by Crippen LogP contribution is -2.03. The van der Waals surface area contributed by atoms with Crippen molar-refractivity contribution >= 4 is 23.3 Å². The third-order valence-electron chi connectivity index (χ3n) is 3.76. The zero-order valence-corrected chi connectivity index (χ0v) is 12.1. The van der Waals surface area contributed by atoms with Crippen molar-refractivity contribution in [2.24, 2.45) is 11.0 Å². The van der Waals surface area contributed by atoms with E-state index in [1.54, 1.807) is 6.21 Å². The van der Waals surface area contributed by atoms with Crippen molar-refractivity contribution in [2.45, 2.75) is 38.5 Å². The van der Waals surface area contributed by atoms with Gasteiger partial charge in [0.05, 0.1) is 15.9 Å². The van der Waals surface area contributed by atoms with E-state index in [9.17, 15) is 20.2 Å². The summed E-state index contributed by atoms with van der Waals surface area (Å²) in [6.45, 7) is 0. The molecule has 0 heterocycles. The number of hydrogen-bond donors (Lipinski definition) is 1. The van der Waals surface area contributed by atoms with Crippen LogP contribution in [0, 0.1) is 26.1 Å². The van der Waals surface area contributed by atoms with Crippen LogP contribution >= 0.6 is 0 Å². The van der Waals surface area contributed by atoms with E-state index in [1.165, 1.54) is 37.8 Å². The summed E-state index contributed by atoms with van der Waals surface area (Å²) in [6, 6.07) is 3.46. The minimum absolute atomic E-state index is 0.153. The third kappa shape index (κ3) is 4.24. The minimum atomic E-state index is -0.661. The SMILES string of the molecule is O=[N+]([O-])c1ccc(N/N=C/C2CCCCCC2)c([N+](=O)[O-])c1. The Kier molecular flexibility index (Phi) is 5.40. The number of nitrogens with zero attached hydrogens (tertiary/aromatic N) is 3. The molecule has 1 fully saturated rings. The molecule has 1 aromatic rings. The Bertz CT molecular complexity index is 580. The summed E-state index contributed by atoms with van der Waals surface area (Å²) >= 11 is 0. The van der Waals surface area contributed by atoms with E-state index >= 15 is 0 Å². The smallest absolute Gasteiger partial charge is 0.272 e. The van der Waals surface area contributed by atoms with Crippen LogP contribution in [-0.2, 0) is 0 Å². The first-order chi connectivity index (χ1) is 10.6. The van der Waals surface area contributed by atoms with Crippen molar-refractivity contribution < 1.29 is 9.85 Å². The topological polar surface area (TPSA) is 111 Å². The largest absolute Gasteiger partial charge is 0.301 e. The standard InChI is InChI=1S/C14H18N4O4/c19-17(20)12-7-8-13(14(9-12)18(21)22)16-15-10-11-5-3-1-2-4-6-11/h7-11,16H,1-6H2/b15-10+. The second-order valence-electron chi connectivity index (χ2n) is 5.36. The fourth-order valence-electron chi connectivity index (χ4n) is 2.55. The average molecular weight is 306 g/mol. The Morgan fingerprint density at radius 1 is 1.09 bits per heavy atom. The van der Waals surface area contributed by atoms with Gasteiger partial charge in [0, 0.05) is 12.3 Å². The van der Waals surface area contributed by atoms with E-state index in [4.69, 9.17) is 0 Å². The molecule has 8 heteroatoms. The van der Waals surface area contributed by atoms with Gasteiger partial charge in [-0.1, -0.05) is 25.7 Å². The van der Waals surface area contributed by atoms with Crippen LogP contribution in [0.25, 0.3) is 0 Å². The van der Waals surface area contributed by atoms with Crippen LogP contribution in [-0.4, -0.2) is 16.1 Å². The van der Waals surface area contributed by atoms with Gasteiger partial charge in [-0.25, -0.2) is 0 Å². The Morgan fingerprint density at radius 2 is 1.77 bits per heavy atom. The van der Waals surface area contributed by atoms with E-state index in [0.29, 0.717) is 5.92 Å². The molecule has 118 valence electrons. The highest BCUT2D eigenvalue weighted by Crippen LogP contribution is 2.29. The Morgan fingerprint density at radius 3 is 2.36 bits per heavy atom. The highest BCUT2D eigenvalue weighted by Gasteiger charge is 2.19. The first kappa shape index (κ1) is 15.9. The predicted octanol–water partition coefficient (Wildman–Crippen LogP) is 3.87. The predicted molar refractivity (Wildman–Crippen MR) is 83.1 cm³/mol. The molecule has 0 aromatic heterocycles. The van der Waals surface area contributed by atoms with Gasteiger partial charge >= 0.3 is 5.69 Å². The summed E-state index contributed by atoms with van der Waals surface area (Å²) in [5.41, 5.74) is 2.12. The van der Waals surface area contributed by atoms with E-state index in [0.717, 1.165) is 18.9 Å². The van der Waals surface area contributed by atoms with Gasteiger partial charge in [-0.2, -0.15) is 5.10 Å². The van der Waals surface area contributed by atoms with Crippen LogP contribution < -0.4 is 5.43 Å². The average Bonchev–Trinajstić information content (AvgIpc) is 2.76. The molecule has 0 radical (unpaired) electrons. The van der Waals surface area contributed by atoms with Crippen LogP contribution in [0.2, 0.25) is 0 Å². The quantitative estimate of drug-likeness (QED) is 0.384. The maximum atomic E-state index is 11.0. The van der Waals surface area contributed by atoms with Crippen LogP contribution in [0.4, 0.5) is 17.1 Å².